The van der Waals surface area contributed by atoms with Crippen molar-refractivity contribution in [1.29, 1.82) is 0 Å². The highest BCUT2D eigenvalue weighted by Gasteiger charge is 2.45. The summed E-state index contributed by atoms with van der Waals surface area (Å²) >= 11 is 14.8. The summed E-state index contributed by atoms with van der Waals surface area (Å²) in [5.41, 5.74) is -6.49. The van der Waals surface area contributed by atoms with Crippen molar-refractivity contribution in [2.75, 3.05) is 113 Å². The molecular formula is C52H64I9N9O22. The van der Waals surface area contributed by atoms with Gasteiger partial charge < -0.3 is 71.3 Å². The topological polar surface area (TPSA) is 463 Å². The minimum Gasteiger partial charge on any atom is -0.396 e. The van der Waals surface area contributed by atoms with Crippen molar-refractivity contribution in [3.05, 3.63) is 65.5 Å². The summed E-state index contributed by atoms with van der Waals surface area (Å²) in [6.07, 6.45) is -3.60. The average molecular weight is 2310 g/mol. The van der Waals surface area contributed by atoms with Gasteiger partial charge in [-0.25, -0.2) is 20.3 Å². The molecule has 40 heteroatoms. The zero-order valence-electron chi connectivity index (χ0n) is 48.6. The normalized spacial score (nSPS) is 12.0. The molecule has 0 bridgehead atoms. The SMILES string of the molecule is CC(=O)N(CC(O)(CN(C(C)=O)c1c(I)c(C(=O)N(O)CCCO)c(I)c(C(=O)N(O)CCCO)c1I)CN(C(C)=O)c1c(I)c(C(=O)N(O)CCCO)c(I)c(C(=O)N(O)CCCO)c1I)c1c(I)c(C(=O)NCC(O)CO)c(I)c(C(=O)NCC(O)CO)c1I. The number of aliphatic hydroxyl groups excluding tert-OH is 8. The molecule has 9 amide bonds. The Morgan fingerprint density at radius 1 is 0.380 bits per heavy atom. The van der Waals surface area contributed by atoms with Crippen molar-refractivity contribution < 1.29 is 110 Å². The summed E-state index contributed by atoms with van der Waals surface area (Å²) < 4.78 is -1.53. The van der Waals surface area contributed by atoms with Crippen molar-refractivity contribution in [2.24, 2.45) is 0 Å². The largest absolute Gasteiger partial charge is 0.396 e. The molecule has 0 heterocycles. The van der Waals surface area contributed by atoms with E-state index in [0.29, 0.717) is 0 Å². The number of benzene rings is 3. The van der Waals surface area contributed by atoms with Crippen molar-refractivity contribution in [2.45, 2.75) is 64.3 Å². The van der Waals surface area contributed by atoms with Gasteiger partial charge in [-0.05, 0) is 229 Å². The van der Waals surface area contributed by atoms with E-state index in [0.717, 1.165) is 35.5 Å². The third kappa shape index (κ3) is 21.2. The molecule has 0 radical (unpaired) electrons. The first-order chi connectivity index (χ1) is 43.0. The molecule has 15 N–H and O–H groups in total. The van der Waals surface area contributed by atoms with E-state index in [1.807, 2.05) is 0 Å². The van der Waals surface area contributed by atoms with Crippen LogP contribution in [0.25, 0.3) is 0 Å². The number of aliphatic hydroxyl groups is 9. The van der Waals surface area contributed by atoms with E-state index >= 15 is 0 Å². The highest BCUT2D eigenvalue weighted by molar-refractivity contribution is 14.1. The van der Waals surface area contributed by atoms with Crippen LogP contribution in [-0.4, -0.2) is 257 Å². The van der Waals surface area contributed by atoms with Gasteiger partial charge in [-0.15, -0.1) is 0 Å². The van der Waals surface area contributed by atoms with Gasteiger partial charge in [0.25, 0.3) is 35.4 Å². The minimum absolute atomic E-state index is 0.0836. The molecule has 0 aromatic heterocycles. The molecule has 92 heavy (non-hydrogen) atoms. The second-order valence-corrected chi connectivity index (χ2v) is 29.5. The molecule has 512 valence electrons. The van der Waals surface area contributed by atoms with Gasteiger partial charge in [0, 0.05) is 71.0 Å². The summed E-state index contributed by atoms with van der Waals surface area (Å²) in [7, 11) is 0. The lowest BCUT2D eigenvalue weighted by molar-refractivity contribution is -0.118. The molecule has 3 rings (SSSR count). The van der Waals surface area contributed by atoms with Crippen molar-refractivity contribution >= 4 is 274 Å². The fraction of sp³-hybridized carbons (Fsp3) is 0.481. The summed E-state index contributed by atoms with van der Waals surface area (Å²) in [6.45, 7) is -7.01. The number of hydrogen-bond acceptors (Lipinski definition) is 22. The minimum atomic E-state index is -2.92. The monoisotopic (exact) mass is 2310 g/mol. The number of hydrogen-bond donors (Lipinski definition) is 15. The van der Waals surface area contributed by atoms with Crippen molar-refractivity contribution in [3.63, 3.8) is 0 Å². The Hall–Kier alpha value is -1.06. The number of carbonyl (C=O) groups is 9. The fourth-order valence-electron chi connectivity index (χ4n) is 8.42. The molecule has 0 aliphatic heterocycles. The Balaban J connectivity index is 2.84. The molecule has 2 atom stereocenters. The van der Waals surface area contributed by atoms with Crippen LogP contribution in [0.15, 0.2) is 0 Å². The first-order valence-electron chi connectivity index (χ1n) is 26.8. The Morgan fingerprint density at radius 3 is 0.783 bits per heavy atom. The molecule has 3 aromatic rings. The predicted molar refractivity (Wildman–Crippen MR) is 402 cm³/mol. The number of nitrogens with zero attached hydrogens (tertiary/aromatic N) is 7. The van der Waals surface area contributed by atoms with E-state index in [4.69, 9.17) is 0 Å². The van der Waals surface area contributed by atoms with Crippen LogP contribution < -0.4 is 25.3 Å². The smallest absolute Gasteiger partial charge is 0.279 e. The Bertz CT molecular complexity index is 2970. The summed E-state index contributed by atoms with van der Waals surface area (Å²) in [5, 5.41) is 143. The summed E-state index contributed by atoms with van der Waals surface area (Å²) in [6, 6.07) is 0. The zero-order chi connectivity index (χ0) is 70.1. The molecule has 0 saturated heterocycles. The molecule has 0 aliphatic carbocycles. The second kappa shape index (κ2) is 39.7. The van der Waals surface area contributed by atoms with Crippen LogP contribution in [0.4, 0.5) is 17.1 Å². The average Bonchev–Trinajstić information content (AvgIpc) is 0.764. The standard InChI is InChI=1S/C52H64I9N9O22/c1-23(77)64(43-37(56)28(46(82)62-16-26(80)18-75)34(53)29(38(43)57)47(83)63-17-27(81)19-76)20-52(88,21-65(24(2)78)44-39(58)30(48(84)67(89)8-4-12-71)35(54)31(40(44)59)49(85)68(90)9-5-13-72)22-66(25(3)79)45-41(60)32(50(86)69(91)10-6-14-73)36(55)33(42(45)61)51(87)70(92)11-7-15-74/h26-27,71-76,80-81,88-92H,4-22H2,1-3H3,(H,62,82)(H,63,83). The molecular weight excluding hydrogens is 2240 g/mol. The second-order valence-electron chi connectivity index (χ2n) is 19.8. The van der Waals surface area contributed by atoms with E-state index in [-0.39, 0.29) is 106 Å². The molecule has 0 spiro atoms. The molecule has 2 unspecified atom stereocenters. The quantitative estimate of drug-likeness (QED) is 0.0236. The maximum atomic E-state index is 14.8. The third-order valence-corrected chi connectivity index (χ3v) is 22.5. The predicted octanol–water partition coefficient (Wildman–Crippen LogP) is 2.34. The van der Waals surface area contributed by atoms with Crippen molar-refractivity contribution in [1.82, 2.24) is 30.9 Å². The van der Waals surface area contributed by atoms with Gasteiger partial charge in [0.15, 0.2) is 0 Å². The summed E-state index contributed by atoms with van der Waals surface area (Å²) in [4.78, 5) is 133. The number of carbonyl (C=O) groups excluding carboxylic acids is 9. The van der Waals surface area contributed by atoms with Gasteiger partial charge in [0.05, 0.1) is 143 Å². The van der Waals surface area contributed by atoms with E-state index in [9.17, 15) is 110 Å². The van der Waals surface area contributed by atoms with Crippen LogP contribution >= 0.6 is 203 Å². The van der Waals surface area contributed by atoms with E-state index < -0.39 is 192 Å². The zero-order valence-corrected chi connectivity index (χ0v) is 68.0. The van der Waals surface area contributed by atoms with Gasteiger partial charge in [0.1, 0.15) is 5.60 Å². The van der Waals surface area contributed by atoms with Gasteiger partial charge in [-0.2, -0.15) is 0 Å². The molecule has 0 saturated carbocycles. The molecule has 0 aliphatic rings. The van der Waals surface area contributed by atoms with Gasteiger partial charge in [-0.1, -0.05) is 0 Å². The first kappa shape index (κ1) is 85.2. The van der Waals surface area contributed by atoms with Crippen LogP contribution in [0.3, 0.4) is 0 Å². The number of amides is 9. The van der Waals surface area contributed by atoms with Crippen LogP contribution in [0.1, 0.15) is 109 Å². The Labute approximate surface area is 648 Å². The highest BCUT2D eigenvalue weighted by atomic mass is 127. The van der Waals surface area contributed by atoms with E-state index in [2.05, 4.69) is 10.6 Å². The lowest BCUT2D eigenvalue weighted by Crippen LogP contribution is -2.60. The third-order valence-electron chi connectivity index (χ3n) is 13.0. The van der Waals surface area contributed by atoms with Crippen LogP contribution in [0, 0.1) is 32.1 Å². The Kier molecular flexibility index (Phi) is 36.7. The Morgan fingerprint density at radius 2 is 0.587 bits per heavy atom. The van der Waals surface area contributed by atoms with Gasteiger partial charge >= 0.3 is 0 Å². The molecule has 3 aromatic carbocycles. The first-order valence-corrected chi connectivity index (χ1v) is 36.5. The number of halogens is 9. The summed E-state index contributed by atoms with van der Waals surface area (Å²) in [5.74, 6) is -9.76. The van der Waals surface area contributed by atoms with E-state index in [1.54, 1.807) is 203 Å². The van der Waals surface area contributed by atoms with Gasteiger partial charge in [0.2, 0.25) is 17.7 Å². The van der Waals surface area contributed by atoms with Gasteiger partial charge in [-0.3, -0.25) is 64.0 Å². The number of anilines is 3. The number of rotatable bonds is 33. The maximum absolute atomic E-state index is 14.8. The number of hydroxylamine groups is 8. The maximum Gasteiger partial charge on any atom is 0.279 e. The highest BCUT2D eigenvalue weighted by Crippen LogP contribution is 2.44. The van der Waals surface area contributed by atoms with Crippen molar-refractivity contribution in [3.8, 4) is 0 Å². The molecule has 0 fully saturated rings. The fourth-order valence-corrected chi connectivity index (χ4v) is 22.5. The lowest BCUT2D eigenvalue weighted by atomic mass is 9.97. The van der Waals surface area contributed by atoms with Crippen LogP contribution in [0.2, 0.25) is 0 Å². The molecule has 31 nitrogen and oxygen atoms in total. The van der Waals surface area contributed by atoms with Crippen LogP contribution in [-0.2, 0) is 14.4 Å². The lowest BCUT2D eigenvalue weighted by Gasteiger charge is -2.42. The van der Waals surface area contributed by atoms with E-state index in [1.165, 1.54) is 0 Å². The van der Waals surface area contributed by atoms with Crippen LogP contribution in [0.5, 0.6) is 0 Å². The number of nitrogens with one attached hydrogen (secondary N) is 2.